The molecule has 120 valence electrons. The fourth-order valence-electron chi connectivity index (χ4n) is 2.49. The van der Waals surface area contributed by atoms with Crippen LogP contribution in [0.4, 0.5) is 5.82 Å². The van der Waals surface area contributed by atoms with Crippen LogP contribution in [0, 0.1) is 0 Å². The highest BCUT2D eigenvalue weighted by atomic mass is 79.9. The first-order chi connectivity index (χ1) is 11.0. The van der Waals surface area contributed by atoms with Crippen LogP contribution in [-0.4, -0.2) is 58.9 Å². The van der Waals surface area contributed by atoms with Crippen molar-refractivity contribution < 1.29 is 4.79 Å². The van der Waals surface area contributed by atoms with E-state index >= 15 is 0 Å². The Kier molecular flexibility index (Phi) is 4.58. The summed E-state index contributed by atoms with van der Waals surface area (Å²) in [5, 5.41) is 0. The molecular formula is C16H18BrN5O. The second-order valence-corrected chi connectivity index (χ2v) is 6.36. The number of anilines is 1. The van der Waals surface area contributed by atoms with Crippen LogP contribution in [0.3, 0.4) is 0 Å². The lowest BCUT2D eigenvalue weighted by Crippen LogP contribution is -2.47. The Morgan fingerprint density at radius 1 is 1.17 bits per heavy atom. The highest BCUT2D eigenvalue weighted by Gasteiger charge is 2.20. The van der Waals surface area contributed by atoms with Gasteiger partial charge in [0.25, 0.3) is 5.91 Å². The molecule has 1 fully saturated rings. The Hall–Kier alpha value is -1.99. The van der Waals surface area contributed by atoms with E-state index in [1.165, 1.54) is 0 Å². The summed E-state index contributed by atoms with van der Waals surface area (Å²) in [5.41, 5.74) is 7.95. The molecule has 0 saturated carbocycles. The maximum atomic E-state index is 12.5. The van der Waals surface area contributed by atoms with Crippen molar-refractivity contribution in [2.45, 2.75) is 0 Å². The van der Waals surface area contributed by atoms with Gasteiger partial charge < -0.3 is 15.5 Å². The number of hydrogen-bond donors (Lipinski definition) is 1. The van der Waals surface area contributed by atoms with Gasteiger partial charge in [0, 0.05) is 37.3 Å². The van der Waals surface area contributed by atoms with Gasteiger partial charge in [-0.05, 0) is 35.1 Å². The Morgan fingerprint density at radius 2 is 1.83 bits per heavy atom. The largest absolute Gasteiger partial charge is 0.381 e. The fraction of sp³-hybridized carbons (Fsp3) is 0.312. The number of amides is 1. The number of benzene rings is 1. The summed E-state index contributed by atoms with van der Waals surface area (Å²) < 4.78 is 0.521. The van der Waals surface area contributed by atoms with Gasteiger partial charge in [-0.3, -0.25) is 4.79 Å². The lowest BCUT2D eigenvalue weighted by Gasteiger charge is -2.32. The predicted molar refractivity (Wildman–Crippen MR) is 93.0 cm³/mol. The van der Waals surface area contributed by atoms with Gasteiger partial charge in [0.05, 0.1) is 11.9 Å². The minimum atomic E-state index is 0.0780. The van der Waals surface area contributed by atoms with Crippen LogP contribution >= 0.6 is 15.9 Å². The van der Waals surface area contributed by atoms with Crippen molar-refractivity contribution >= 4 is 27.7 Å². The molecule has 0 radical (unpaired) electrons. The first-order valence-corrected chi connectivity index (χ1v) is 8.20. The lowest BCUT2D eigenvalue weighted by atomic mass is 10.1. The van der Waals surface area contributed by atoms with Crippen molar-refractivity contribution in [3.8, 4) is 11.3 Å². The van der Waals surface area contributed by atoms with Crippen molar-refractivity contribution in [1.29, 1.82) is 0 Å². The van der Waals surface area contributed by atoms with Gasteiger partial charge in [0.1, 0.15) is 4.60 Å². The third kappa shape index (κ3) is 3.51. The van der Waals surface area contributed by atoms with E-state index in [9.17, 15) is 4.79 Å². The zero-order valence-corrected chi connectivity index (χ0v) is 14.5. The standard InChI is InChI=1S/C16H18BrN5O/c1-21-6-8-22(9-7-21)16(23)12-4-2-11(3-5-12)13-10-19-15(18)14(17)20-13/h2-5,10H,6-9H2,1H3,(H2,18,19). The van der Waals surface area contributed by atoms with E-state index in [1.807, 2.05) is 29.2 Å². The SMILES string of the molecule is CN1CCN(C(=O)c2ccc(-c3cnc(N)c(Br)n3)cc2)CC1. The van der Waals surface area contributed by atoms with Crippen molar-refractivity contribution in [2.75, 3.05) is 39.0 Å². The number of hydrogen-bond acceptors (Lipinski definition) is 5. The van der Waals surface area contributed by atoms with E-state index in [1.54, 1.807) is 6.20 Å². The highest BCUT2D eigenvalue weighted by Crippen LogP contribution is 2.22. The first-order valence-electron chi connectivity index (χ1n) is 7.41. The highest BCUT2D eigenvalue weighted by molar-refractivity contribution is 9.10. The molecule has 2 aromatic rings. The third-order valence-electron chi connectivity index (χ3n) is 3.97. The van der Waals surface area contributed by atoms with E-state index < -0.39 is 0 Å². The molecule has 0 atom stereocenters. The average Bonchev–Trinajstić information content (AvgIpc) is 2.57. The molecule has 0 bridgehead atoms. The van der Waals surface area contributed by atoms with E-state index in [2.05, 4.69) is 37.8 Å². The lowest BCUT2D eigenvalue weighted by molar-refractivity contribution is 0.0664. The molecule has 0 unspecified atom stereocenters. The maximum absolute atomic E-state index is 12.5. The molecule has 1 aliphatic heterocycles. The number of rotatable bonds is 2. The van der Waals surface area contributed by atoms with Crippen LogP contribution in [0.25, 0.3) is 11.3 Å². The number of aromatic nitrogens is 2. The summed E-state index contributed by atoms with van der Waals surface area (Å²) >= 11 is 3.27. The van der Waals surface area contributed by atoms with Gasteiger partial charge in [-0.2, -0.15) is 0 Å². The monoisotopic (exact) mass is 375 g/mol. The number of halogens is 1. The summed E-state index contributed by atoms with van der Waals surface area (Å²) in [6, 6.07) is 7.44. The van der Waals surface area contributed by atoms with Gasteiger partial charge in [-0.25, -0.2) is 9.97 Å². The predicted octanol–water partition coefficient (Wildman–Crippen LogP) is 1.88. The molecule has 0 spiro atoms. The Morgan fingerprint density at radius 3 is 2.43 bits per heavy atom. The number of likely N-dealkylation sites (N-methyl/N-ethyl adjacent to an activating group) is 1. The maximum Gasteiger partial charge on any atom is 0.253 e. The molecule has 6 nitrogen and oxygen atoms in total. The van der Waals surface area contributed by atoms with Gasteiger partial charge in [-0.15, -0.1) is 0 Å². The van der Waals surface area contributed by atoms with Crippen molar-refractivity contribution in [2.24, 2.45) is 0 Å². The Balaban J connectivity index is 1.76. The quantitative estimate of drug-likeness (QED) is 0.866. The second-order valence-electron chi connectivity index (χ2n) is 5.60. The molecule has 1 saturated heterocycles. The minimum Gasteiger partial charge on any atom is -0.381 e. The number of nitrogen functional groups attached to an aromatic ring is 1. The molecule has 0 aliphatic carbocycles. The summed E-state index contributed by atoms with van der Waals surface area (Å²) in [6.07, 6.45) is 1.62. The van der Waals surface area contributed by atoms with Gasteiger partial charge >= 0.3 is 0 Å². The van der Waals surface area contributed by atoms with Crippen LogP contribution in [0.5, 0.6) is 0 Å². The number of piperazine rings is 1. The zero-order valence-electron chi connectivity index (χ0n) is 12.9. The van der Waals surface area contributed by atoms with Crippen LogP contribution in [0.15, 0.2) is 35.1 Å². The molecule has 2 heterocycles. The topological polar surface area (TPSA) is 75.3 Å². The molecule has 7 heteroatoms. The van der Waals surface area contributed by atoms with Crippen LogP contribution in [-0.2, 0) is 0 Å². The smallest absolute Gasteiger partial charge is 0.253 e. The summed E-state index contributed by atoms with van der Waals surface area (Å²) in [5.74, 6) is 0.435. The number of carbonyl (C=O) groups excluding carboxylic acids is 1. The number of carbonyl (C=O) groups is 1. The Labute approximate surface area is 143 Å². The molecule has 2 N–H and O–H groups in total. The van der Waals surface area contributed by atoms with E-state index in [0.29, 0.717) is 21.7 Å². The van der Waals surface area contributed by atoms with E-state index in [4.69, 9.17) is 5.73 Å². The van der Waals surface area contributed by atoms with E-state index in [0.717, 1.165) is 31.7 Å². The Bertz CT molecular complexity index is 711. The minimum absolute atomic E-state index is 0.0780. The summed E-state index contributed by atoms with van der Waals surface area (Å²) in [4.78, 5) is 25.1. The molecule has 1 aromatic heterocycles. The summed E-state index contributed by atoms with van der Waals surface area (Å²) in [7, 11) is 2.07. The fourth-order valence-corrected chi connectivity index (χ4v) is 2.78. The second kappa shape index (κ2) is 6.64. The molecule has 1 aliphatic rings. The molecular weight excluding hydrogens is 358 g/mol. The van der Waals surface area contributed by atoms with Crippen molar-refractivity contribution in [3.63, 3.8) is 0 Å². The first kappa shape index (κ1) is 15.9. The third-order valence-corrected chi connectivity index (χ3v) is 4.56. The van der Waals surface area contributed by atoms with Gasteiger partial charge in [0.2, 0.25) is 0 Å². The average molecular weight is 376 g/mol. The van der Waals surface area contributed by atoms with Gasteiger partial charge in [0.15, 0.2) is 5.82 Å². The zero-order chi connectivity index (χ0) is 16.4. The summed E-state index contributed by atoms with van der Waals surface area (Å²) in [6.45, 7) is 3.37. The normalized spacial score (nSPS) is 15.7. The molecule has 1 amide bonds. The molecule has 1 aromatic carbocycles. The number of nitrogens with two attached hydrogens (primary N) is 1. The number of nitrogens with zero attached hydrogens (tertiary/aromatic N) is 4. The van der Waals surface area contributed by atoms with Gasteiger partial charge in [-0.1, -0.05) is 12.1 Å². The van der Waals surface area contributed by atoms with E-state index in [-0.39, 0.29) is 5.91 Å². The van der Waals surface area contributed by atoms with Crippen LogP contribution in [0.2, 0.25) is 0 Å². The van der Waals surface area contributed by atoms with Crippen molar-refractivity contribution in [3.05, 3.63) is 40.6 Å². The van der Waals surface area contributed by atoms with Crippen molar-refractivity contribution in [1.82, 2.24) is 19.8 Å². The van der Waals surface area contributed by atoms with Crippen LogP contribution in [0.1, 0.15) is 10.4 Å². The van der Waals surface area contributed by atoms with Crippen LogP contribution < -0.4 is 5.73 Å². The molecule has 23 heavy (non-hydrogen) atoms. The molecule has 3 rings (SSSR count).